The van der Waals surface area contributed by atoms with Crippen LogP contribution in [0.25, 0.3) is 10.9 Å². The van der Waals surface area contributed by atoms with Crippen LogP contribution in [0.15, 0.2) is 18.2 Å². The molecule has 1 heterocycles. The summed E-state index contributed by atoms with van der Waals surface area (Å²) in [6.45, 7) is 4.16. The summed E-state index contributed by atoms with van der Waals surface area (Å²) in [4.78, 5) is 4.55. The van der Waals surface area contributed by atoms with Crippen LogP contribution in [0.2, 0.25) is 0 Å². The van der Waals surface area contributed by atoms with Crippen molar-refractivity contribution in [1.82, 2.24) is 4.98 Å². The zero-order valence-electron chi connectivity index (χ0n) is 9.87. The Morgan fingerprint density at radius 3 is 2.69 bits per heavy atom. The molecule has 0 aliphatic heterocycles. The lowest BCUT2D eigenvalue weighted by Gasteiger charge is -2.09. The van der Waals surface area contributed by atoms with E-state index in [1.807, 2.05) is 12.1 Å². The minimum absolute atomic E-state index is 0.674. The van der Waals surface area contributed by atoms with Gasteiger partial charge in [-0.25, -0.2) is 0 Å². The smallest absolute Gasteiger partial charge is 0.121 e. The molecule has 0 bridgehead atoms. The Morgan fingerprint density at radius 2 is 2.06 bits per heavy atom. The van der Waals surface area contributed by atoms with Crippen LogP contribution >= 0.6 is 0 Å². The molecule has 0 saturated heterocycles. The Hall–Kier alpha value is -1.77. The van der Waals surface area contributed by atoms with E-state index >= 15 is 0 Å². The highest BCUT2D eigenvalue weighted by Gasteiger charge is 2.07. The number of nitrogens with zero attached hydrogens (tertiary/aromatic N) is 1. The van der Waals surface area contributed by atoms with Gasteiger partial charge in [0.1, 0.15) is 5.75 Å². The van der Waals surface area contributed by atoms with Crippen molar-refractivity contribution in [2.75, 3.05) is 12.8 Å². The predicted octanol–water partition coefficient (Wildman–Crippen LogP) is 2.70. The number of pyridine rings is 1. The monoisotopic (exact) mass is 216 g/mol. The van der Waals surface area contributed by atoms with Crippen molar-refractivity contribution >= 4 is 16.6 Å². The van der Waals surface area contributed by atoms with Gasteiger partial charge in [0.25, 0.3) is 0 Å². The third-order valence-corrected chi connectivity index (χ3v) is 2.77. The first kappa shape index (κ1) is 10.7. The van der Waals surface area contributed by atoms with Crippen LogP contribution in [0, 0.1) is 6.92 Å². The molecule has 0 radical (unpaired) electrons. The topological polar surface area (TPSA) is 48.1 Å². The number of benzene rings is 1. The van der Waals surface area contributed by atoms with Gasteiger partial charge < -0.3 is 10.5 Å². The molecule has 0 amide bonds. The average molecular weight is 216 g/mol. The van der Waals surface area contributed by atoms with Gasteiger partial charge in [-0.05, 0) is 31.0 Å². The fraction of sp³-hybridized carbons (Fsp3) is 0.308. The first-order chi connectivity index (χ1) is 7.65. The minimum atomic E-state index is 0.674. The van der Waals surface area contributed by atoms with Gasteiger partial charge in [0.05, 0.1) is 18.3 Å². The highest BCUT2D eigenvalue weighted by molar-refractivity contribution is 5.93. The van der Waals surface area contributed by atoms with Gasteiger partial charge in [-0.2, -0.15) is 0 Å². The van der Waals surface area contributed by atoms with E-state index in [1.54, 1.807) is 7.11 Å². The fourth-order valence-corrected chi connectivity index (χ4v) is 1.86. The molecule has 3 nitrogen and oxygen atoms in total. The summed E-state index contributed by atoms with van der Waals surface area (Å²) in [5.74, 6) is 0.777. The molecule has 2 N–H and O–H groups in total. The van der Waals surface area contributed by atoms with Crippen LogP contribution in [0.1, 0.15) is 18.2 Å². The van der Waals surface area contributed by atoms with E-state index in [0.29, 0.717) is 5.69 Å². The maximum absolute atomic E-state index is 5.98. The molecular formula is C13H16N2O. The minimum Gasteiger partial charge on any atom is -0.497 e. The summed E-state index contributed by atoms with van der Waals surface area (Å²) in [5, 5.41) is 1.06. The molecule has 16 heavy (non-hydrogen) atoms. The molecule has 1 aromatic heterocycles. The molecule has 0 atom stereocenters. The largest absolute Gasteiger partial charge is 0.497 e. The van der Waals surface area contributed by atoms with Crippen molar-refractivity contribution in [3.8, 4) is 5.75 Å². The van der Waals surface area contributed by atoms with Crippen molar-refractivity contribution in [2.45, 2.75) is 20.3 Å². The summed E-state index contributed by atoms with van der Waals surface area (Å²) < 4.78 is 5.21. The number of hydrogen-bond acceptors (Lipinski definition) is 3. The zero-order valence-corrected chi connectivity index (χ0v) is 9.87. The van der Waals surface area contributed by atoms with Crippen molar-refractivity contribution in [3.05, 3.63) is 29.5 Å². The molecule has 0 unspecified atom stereocenters. The molecule has 2 rings (SSSR count). The highest BCUT2D eigenvalue weighted by Crippen LogP contribution is 2.28. The molecule has 0 aliphatic rings. The molecule has 84 valence electrons. The van der Waals surface area contributed by atoms with E-state index in [9.17, 15) is 0 Å². The number of methoxy groups -OCH3 is 1. The Balaban J connectivity index is 2.78. The number of ether oxygens (including phenoxy) is 1. The Morgan fingerprint density at radius 1 is 1.31 bits per heavy atom. The summed E-state index contributed by atoms with van der Waals surface area (Å²) in [6.07, 6.45) is 0.919. The van der Waals surface area contributed by atoms with Crippen molar-refractivity contribution in [3.63, 3.8) is 0 Å². The molecule has 0 aliphatic carbocycles. The van der Waals surface area contributed by atoms with Crippen LogP contribution in [-0.4, -0.2) is 12.1 Å². The van der Waals surface area contributed by atoms with Gasteiger partial charge in [0, 0.05) is 17.1 Å². The average Bonchev–Trinajstić information content (AvgIpc) is 2.29. The second-order valence-electron chi connectivity index (χ2n) is 3.90. The number of fused-ring (bicyclic) bond motifs is 1. The highest BCUT2D eigenvalue weighted by atomic mass is 16.5. The van der Waals surface area contributed by atoms with Crippen LogP contribution < -0.4 is 10.5 Å². The van der Waals surface area contributed by atoms with Gasteiger partial charge in [-0.3, -0.25) is 4.98 Å². The SMILES string of the molecule is CCc1cc(C)c2cc(OC)cc(N)c2n1. The lowest BCUT2D eigenvalue weighted by molar-refractivity contribution is 0.415. The third kappa shape index (κ3) is 1.69. The van der Waals surface area contributed by atoms with Crippen molar-refractivity contribution < 1.29 is 4.74 Å². The summed E-state index contributed by atoms with van der Waals surface area (Å²) in [6, 6.07) is 5.89. The third-order valence-electron chi connectivity index (χ3n) is 2.77. The van der Waals surface area contributed by atoms with Gasteiger partial charge in [-0.15, -0.1) is 0 Å². The Bertz CT molecular complexity index is 486. The molecule has 3 heteroatoms. The normalized spacial score (nSPS) is 10.7. The molecule has 2 aromatic rings. The van der Waals surface area contributed by atoms with Crippen molar-refractivity contribution in [2.24, 2.45) is 0 Å². The number of nitrogens with two attached hydrogens (primary N) is 1. The van der Waals surface area contributed by atoms with Crippen molar-refractivity contribution in [1.29, 1.82) is 0 Å². The maximum atomic E-state index is 5.98. The van der Waals surface area contributed by atoms with Crippen LogP contribution in [0.3, 0.4) is 0 Å². The van der Waals surface area contributed by atoms with E-state index in [0.717, 1.165) is 28.8 Å². The molecule has 1 aromatic carbocycles. The number of aryl methyl sites for hydroxylation is 2. The summed E-state index contributed by atoms with van der Waals surface area (Å²) in [7, 11) is 1.64. The predicted molar refractivity (Wildman–Crippen MR) is 66.8 cm³/mol. The number of hydrogen-bond donors (Lipinski definition) is 1. The first-order valence-electron chi connectivity index (χ1n) is 5.39. The van der Waals surface area contributed by atoms with E-state index in [2.05, 4.69) is 24.9 Å². The lowest BCUT2D eigenvalue weighted by atomic mass is 10.1. The Labute approximate surface area is 95.2 Å². The summed E-state index contributed by atoms with van der Waals surface area (Å²) >= 11 is 0. The Kier molecular flexibility index (Phi) is 2.69. The van der Waals surface area contributed by atoms with E-state index in [-0.39, 0.29) is 0 Å². The van der Waals surface area contributed by atoms with E-state index in [4.69, 9.17) is 10.5 Å². The molecule has 0 fully saturated rings. The van der Waals surface area contributed by atoms with Gasteiger partial charge in [-0.1, -0.05) is 6.92 Å². The maximum Gasteiger partial charge on any atom is 0.121 e. The number of nitrogen functional groups attached to an aromatic ring is 1. The van der Waals surface area contributed by atoms with Crippen LogP contribution in [0.5, 0.6) is 5.75 Å². The van der Waals surface area contributed by atoms with Crippen LogP contribution in [0.4, 0.5) is 5.69 Å². The second kappa shape index (κ2) is 4.00. The van der Waals surface area contributed by atoms with Gasteiger partial charge in [0.15, 0.2) is 0 Å². The molecule has 0 saturated carbocycles. The number of aromatic nitrogens is 1. The zero-order chi connectivity index (χ0) is 11.7. The standard InChI is InChI=1S/C13H16N2O/c1-4-9-5-8(2)11-6-10(16-3)7-12(14)13(11)15-9/h5-7H,4,14H2,1-3H3. The molecule has 0 spiro atoms. The first-order valence-corrected chi connectivity index (χ1v) is 5.39. The van der Waals surface area contributed by atoms with E-state index in [1.165, 1.54) is 5.56 Å². The summed E-state index contributed by atoms with van der Waals surface area (Å²) in [5.41, 5.74) is 9.79. The lowest BCUT2D eigenvalue weighted by Crippen LogP contribution is -1.97. The number of anilines is 1. The number of rotatable bonds is 2. The van der Waals surface area contributed by atoms with Gasteiger partial charge >= 0.3 is 0 Å². The van der Waals surface area contributed by atoms with Gasteiger partial charge in [0.2, 0.25) is 0 Å². The second-order valence-corrected chi connectivity index (χ2v) is 3.90. The van der Waals surface area contributed by atoms with E-state index < -0.39 is 0 Å². The van der Waals surface area contributed by atoms with Crippen LogP contribution in [-0.2, 0) is 6.42 Å². The quantitative estimate of drug-likeness (QED) is 0.785. The molecular weight excluding hydrogens is 200 g/mol. The fourth-order valence-electron chi connectivity index (χ4n) is 1.86.